The van der Waals surface area contributed by atoms with E-state index in [1.807, 2.05) is 37.3 Å². The van der Waals surface area contributed by atoms with Crippen LogP contribution >= 0.6 is 0 Å². The molecule has 0 radical (unpaired) electrons. The molecule has 4 rings (SSSR count). The van der Waals surface area contributed by atoms with E-state index in [2.05, 4.69) is 10.2 Å². The van der Waals surface area contributed by atoms with Gasteiger partial charge in [-0.25, -0.2) is 0 Å². The molecule has 0 aromatic heterocycles. The third kappa shape index (κ3) is 2.12. The Balaban J connectivity index is 1.94. The Morgan fingerprint density at radius 1 is 1.28 bits per heavy atom. The Kier molecular flexibility index (Phi) is 3.45. The van der Waals surface area contributed by atoms with Gasteiger partial charge in [-0.1, -0.05) is 42.0 Å². The fourth-order valence-corrected chi connectivity index (χ4v) is 3.61. The highest BCUT2D eigenvalue weighted by Gasteiger charge is 2.66. The van der Waals surface area contributed by atoms with E-state index in [0.29, 0.717) is 22.6 Å². The molecule has 7 heteroatoms. The molecule has 2 aromatic carbocycles. The van der Waals surface area contributed by atoms with Gasteiger partial charge >= 0.3 is 5.66 Å². The van der Waals surface area contributed by atoms with Crippen LogP contribution in [-0.2, 0) is 0 Å². The Morgan fingerprint density at radius 3 is 2.72 bits per heavy atom. The molecule has 0 unspecified atom stereocenters. The van der Waals surface area contributed by atoms with Gasteiger partial charge in [0, 0.05) is 11.1 Å². The first-order chi connectivity index (χ1) is 12.1. The number of hydrogen-bond donors (Lipinski definition) is 0. The normalized spacial score (nSPS) is 26.5. The Bertz CT molecular complexity index is 865. The zero-order valence-electron chi connectivity index (χ0n) is 13.9. The summed E-state index contributed by atoms with van der Waals surface area (Å²) in [6.45, 7) is 2.22. The van der Waals surface area contributed by atoms with Gasteiger partial charge in [0.25, 0.3) is 0 Å². The first-order valence-corrected chi connectivity index (χ1v) is 8.01. The van der Waals surface area contributed by atoms with Crippen molar-refractivity contribution < 1.29 is 14.4 Å². The van der Waals surface area contributed by atoms with Crippen LogP contribution in [0.2, 0.25) is 0 Å². The lowest BCUT2D eigenvalue weighted by Crippen LogP contribution is -2.51. The number of hydrogen-bond acceptors (Lipinski definition) is 6. The summed E-state index contributed by atoms with van der Waals surface area (Å²) in [6.07, 6.45) is -0.872. The van der Waals surface area contributed by atoms with E-state index in [0.717, 1.165) is 5.56 Å². The molecule has 0 bridgehead atoms. The number of fused-ring (bicyclic) bond motifs is 3. The van der Waals surface area contributed by atoms with Gasteiger partial charge in [0.05, 0.1) is 18.6 Å². The summed E-state index contributed by atoms with van der Waals surface area (Å²) in [4.78, 5) is 11.8. The number of methoxy groups -OCH3 is 1. The summed E-state index contributed by atoms with van der Waals surface area (Å²) in [5, 5.41) is 20.2. The van der Waals surface area contributed by atoms with Gasteiger partial charge in [-0.05, 0) is 13.0 Å². The predicted octanol–water partition coefficient (Wildman–Crippen LogP) is 3.66. The third-order valence-electron chi connectivity index (χ3n) is 4.91. The maximum Gasteiger partial charge on any atom is 0.378 e. The van der Waals surface area contributed by atoms with Crippen LogP contribution < -0.4 is 9.47 Å². The van der Waals surface area contributed by atoms with Gasteiger partial charge in [-0.15, -0.1) is 5.11 Å². The van der Waals surface area contributed by atoms with Crippen molar-refractivity contribution in [3.63, 3.8) is 0 Å². The molecule has 25 heavy (non-hydrogen) atoms. The summed E-state index contributed by atoms with van der Waals surface area (Å²) < 4.78 is 11.5. The van der Waals surface area contributed by atoms with Crippen molar-refractivity contribution in [3.8, 4) is 11.5 Å². The monoisotopic (exact) mass is 339 g/mol. The number of rotatable bonds is 3. The number of azo groups is 1. The van der Waals surface area contributed by atoms with E-state index in [9.17, 15) is 10.1 Å². The number of ether oxygens (including phenoxy) is 2. The van der Waals surface area contributed by atoms with Crippen molar-refractivity contribution in [1.82, 2.24) is 0 Å². The van der Waals surface area contributed by atoms with Gasteiger partial charge in [0.2, 0.25) is 6.10 Å². The van der Waals surface area contributed by atoms with Crippen molar-refractivity contribution in [3.05, 3.63) is 69.3 Å². The Hall–Kier alpha value is -2.96. The molecule has 7 nitrogen and oxygen atoms in total. The lowest BCUT2D eigenvalue weighted by molar-refractivity contribution is -0.586. The molecule has 0 saturated heterocycles. The number of nitrogens with zero attached hydrogens (tertiary/aromatic N) is 3. The van der Waals surface area contributed by atoms with Crippen LogP contribution in [0.4, 0.5) is 0 Å². The summed E-state index contributed by atoms with van der Waals surface area (Å²) in [7, 11) is 1.55. The highest BCUT2D eigenvalue weighted by atomic mass is 16.6. The lowest BCUT2D eigenvalue weighted by Gasteiger charge is -2.37. The van der Waals surface area contributed by atoms with Crippen LogP contribution in [-0.4, -0.2) is 24.2 Å². The number of nitro groups is 1. The molecule has 3 atom stereocenters. The largest absolute Gasteiger partial charge is 0.493 e. The van der Waals surface area contributed by atoms with E-state index in [-0.39, 0.29) is 11.5 Å². The zero-order valence-corrected chi connectivity index (χ0v) is 13.9. The minimum absolute atomic E-state index is 0.257. The smallest absolute Gasteiger partial charge is 0.378 e. The average molecular weight is 339 g/mol. The molecule has 0 amide bonds. The van der Waals surface area contributed by atoms with Crippen molar-refractivity contribution >= 4 is 0 Å². The van der Waals surface area contributed by atoms with E-state index < -0.39 is 17.7 Å². The second-order valence-electron chi connectivity index (χ2n) is 6.30. The number of aryl methyl sites for hydroxylation is 1. The summed E-state index contributed by atoms with van der Waals surface area (Å²) >= 11 is 0. The number of benzene rings is 2. The van der Waals surface area contributed by atoms with E-state index >= 15 is 0 Å². The van der Waals surface area contributed by atoms with Crippen LogP contribution in [0, 0.1) is 17.0 Å². The van der Waals surface area contributed by atoms with Crippen LogP contribution in [0.3, 0.4) is 0 Å². The third-order valence-corrected chi connectivity index (χ3v) is 4.91. The van der Waals surface area contributed by atoms with E-state index in [1.165, 1.54) is 0 Å². The van der Waals surface area contributed by atoms with Crippen molar-refractivity contribution in [2.75, 3.05) is 13.7 Å². The SMILES string of the molecule is COc1cccc2c1O[C@@H](c1ccc(C)cc1)[C@]1([N+](=O)[O-])N=NC[C@H]21. The van der Waals surface area contributed by atoms with Crippen LogP contribution in [0.25, 0.3) is 0 Å². The molecular formula is C18H17N3O4. The minimum atomic E-state index is -1.66. The summed E-state index contributed by atoms with van der Waals surface area (Å²) in [5.74, 6) is 0.594. The van der Waals surface area contributed by atoms with Gasteiger partial charge in [0.1, 0.15) is 5.92 Å². The molecule has 2 aromatic rings. The fourth-order valence-electron chi connectivity index (χ4n) is 3.61. The van der Waals surface area contributed by atoms with E-state index in [1.54, 1.807) is 19.2 Å². The highest BCUT2D eigenvalue weighted by molar-refractivity contribution is 5.52. The fraction of sp³-hybridized carbons (Fsp3) is 0.333. The topological polar surface area (TPSA) is 86.3 Å². The first kappa shape index (κ1) is 15.6. The molecule has 2 aliphatic rings. The lowest BCUT2D eigenvalue weighted by atomic mass is 9.78. The highest BCUT2D eigenvalue weighted by Crippen LogP contribution is 2.55. The second-order valence-corrected chi connectivity index (χ2v) is 6.30. The Labute approximate surface area is 144 Å². The second kappa shape index (κ2) is 5.54. The molecule has 0 saturated carbocycles. The van der Waals surface area contributed by atoms with Crippen LogP contribution in [0.1, 0.15) is 28.7 Å². The van der Waals surface area contributed by atoms with Gasteiger partial charge in [-0.2, -0.15) is 5.11 Å². The van der Waals surface area contributed by atoms with Gasteiger partial charge in [0.15, 0.2) is 11.5 Å². The molecule has 2 heterocycles. The minimum Gasteiger partial charge on any atom is -0.493 e. The average Bonchev–Trinajstić information content (AvgIpc) is 3.08. The predicted molar refractivity (Wildman–Crippen MR) is 89.7 cm³/mol. The maximum atomic E-state index is 12.1. The summed E-state index contributed by atoms with van der Waals surface area (Å²) in [6, 6.07) is 12.9. The summed E-state index contributed by atoms with van der Waals surface area (Å²) in [5.41, 5.74) is 0.820. The van der Waals surface area contributed by atoms with Crippen LogP contribution in [0.15, 0.2) is 52.7 Å². The molecule has 128 valence electrons. The standard InChI is InChI=1S/C18H17N3O4/c1-11-6-8-12(9-7-11)17-18(21(22)23)14(10-19-20-18)13-4-3-5-15(24-2)16(13)25-17/h3-9,14,17H,10H2,1-2H3/t14-,17+,18+/m1/s1. The molecule has 2 aliphatic heterocycles. The quantitative estimate of drug-likeness (QED) is 0.631. The molecule has 0 N–H and O–H groups in total. The van der Waals surface area contributed by atoms with Gasteiger partial charge < -0.3 is 9.47 Å². The Morgan fingerprint density at radius 2 is 2.04 bits per heavy atom. The first-order valence-electron chi connectivity index (χ1n) is 8.01. The molecule has 0 fully saturated rings. The molecule has 0 spiro atoms. The molecular weight excluding hydrogens is 322 g/mol. The number of para-hydroxylation sites is 1. The van der Waals surface area contributed by atoms with Crippen molar-refractivity contribution in [2.24, 2.45) is 10.2 Å². The zero-order chi connectivity index (χ0) is 17.6. The van der Waals surface area contributed by atoms with Gasteiger partial charge in [-0.3, -0.25) is 10.1 Å². The van der Waals surface area contributed by atoms with Crippen LogP contribution in [0.5, 0.6) is 11.5 Å². The van der Waals surface area contributed by atoms with Crippen molar-refractivity contribution in [1.29, 1.82) is 0 Å². The molecule has 0 aliphatic carbocycles. The van der Waals surface area contributed by atoms with E-state index in [4.69, 9.17) is 9.47 Å². The van der Waals surface area contributed by atoms with Crippen molar-refractivity contribution in [2.45, 2.75) is 24.6 Å². The maximum absolute atomic E-state index is 12.1.